The molecule has 0 amide bonds. The predicted octanol–water partition coefficient (Wildman–Crippen LogP) is 7.61. The smallest absolute Gasteiger partial charge is 0.462 e. The van der Waals surface area contributed by atoms with Crippen molar-refractivity contribution in [1.29, 1.82) is 0 Å². The number of ether oxygens (including phenoxy) is 2. The molecule has 0 radical (unpaired) electrons. The Morgan fingerprint density at radius 2 is 1.11 bits per heavy atom. The lowest BCUT2D eigenvalue weighted by Crippen LogP contribution is -2.30. The standard InChI is InChI=1S/C43H76O16P2/c1-4-5-19-26-37(44)27-21-16-13-14-17-22-28-40(46)41(47)29-24-31-42(48)55-34-39(35-58-61(53,54)57-33-38(45)32-56-60(50,51)52)59-43(49)30-23-18-12-10-8-6-7-9-11-15-20-25-36(2)3/h5,13-14,16-17,19,21-22,27-28,36-41,44-47H,4,6-12,15,18,20,23-26,29-35H2,1-3H3,(H,53,54)(H2,50,51,52)/b16-13+,17-14-,19-5-,27-21+,28-22-/t37-,38+,39-,40+,41+/m1/s1. The van der Waals surface area contributed by atoms with Crippen LogP contribution in [-0.4, -0.2) is 104 Å². The number of hydrogen-bond acceptors (Lipinski definition) is 13. The number of allylic oxidation sites excluding steroid dienone is 7. The van der Waals surface area contributed by atoms with Crippen molar-refractivity contribution in [3.63, 3.8) is 0 Å². The molecule has 0 rings (SSSR count). The largest absolute Gasteiger partial charge is 0.472 e. The van der Waals surface area contributed by atoms with Crippen LogP contribution in [0.5, 0.6) is 0 Å². The fraction of sp³-hybridized carbons (Fsp3) is 0.721. The summed E-state index contributed by atoms with van der Waals surface area (Å²) in [6.45, 7) is 3.45. The molecule has 0 aliphatic rings. The Morgan fingerprint density at radius 3 is 1.70 bits per heavy atom. The average Bonchev–Trinajstić information content (AvgIpc) is 3.19. The van der Waals surface area contributed by atoms with E-state index in [0.717, 1.165) is 38.0 Å². The minimum absolute atomic E-state index is 0.0564. The highest BCUT2D eigenvalue weighted by Gasteiger charge is 2.28. The first kappa shape index (κ1) is 58.7. The molecular formula is C43H76O16P2. The van der Waals surface area contributed by atoms with Crippen molar-refractivity contribution in [2.45, 2.75) is 167 Å². The van der Waals surface area contributed by atoms with E-state index in [1.54, 1.807) is 42.5 Å². The van der Waals surface area contributed by atoms with Gasteiger partial charge in [-0.1, -0.05) is 152 Å². The molecule has 7 N–H and O–H groups in total. The Labute approximate surface area is 363 Å². The molecule has 0 bridgehead atoms. The van der Waals surface area contributed by atoms with Gasteiger partial charge in [-0.2, -0.15) is 0 Å². The number of aliphatic hydroxyl groups excluding tert-OH is 4. The zero-order chi connectivity index (χ0) is 45.8. The fourth-order valence-corrected chi connectivity index (χ4v) is 6.68. The summed E-state index contributed by atoms with van der Waals surface area (Å²) in [6, 6.07) is 0. The molecule has 61 heavy (non-hydrogen) atoms. The van der Waals surface area contributed by atoms with Crippen LogP contribution >= 0.6 is 15.6 Å². The van der Waals surface area contributed by atoms with Crippen molar-refractivity contribution < 1.29 is 76.9 Å². The molecule has 0 saturated carbocycles. The number of phosphoric ester groups is 2. The molecule has 354 valence electrons. The average molecular weight is 911 g/mol. The Kier molecular flexibility index (Phi) is 35.7. The lowest BCUT2D eigenvalue weighted by Gasteiger charge is -2.20. The molecule has 0 aromatic heterocycles. The van der Waals surface area contributed by atoms with Crippen molar-refractivity contribution in [2.24, 2.45) is 5.92 Å². The normalized spacial score (nSPS) is 16.2. The Hall–Kier alpha value is -2.30. The summed E-state index contributed by atoms with van der Waals surface area (Å²) in [5.74, 6) is -0.607. The van der Waals surface area contributed by atoms with Gasteiger partial charge in [0.1, 0.15) is 12.7 Å². The van der Waals surface area contributed by atoms with Gasteiger partial charge in [0.25, 0.3) is 0 Å². The Balaban J connectivity index is 4.84. The lowest BCUT2D eigenvalue weighted by molar-refractivity contribution is -0.161. The van der Waals surface area contributed by atoms with Crippen LogP contribution in [0.15, 0.2) is 60.8 Å². The number of carbonyl (C=O) groups excluding carboxylic acids is 2. The summed E-state index contributed by atoms with van der Waals surface area (Å²) in [7, 11) is -9.79. The van der Waals surface area contributed by atoms with Crippen molar-refractivity contribution in [3.8, 4) is 0 Å². The number of esters is 2. The number of carbonyl (C=O) groups is 2. The quantitative estimate of drug-likeness (QED) is 0.0103. The number of phosphoric acid groups is 2. The van der Waals surface area contributed by atoms with Crippen molar-refractivity contribution in [1.82, 2.24) is 0 Å². The lowest BCUT2D eigenvalue weighted by atomic mass is 10.0. The van der Waals surface area contributed by atoms with E-state index < -0.39 is 84.5 Å². The van der Waals surface area contributed by atoms with Gasteiger partial charge in [0.15, 0.2) is 6.10 Å². The summed E-state index contributed by atoms with van der Waals surface area (Å²) in [4.78, 5) is 52.7. The number of aliphatic hydroxyl groups is 4. The minimum atomic E-state index is -4.90. The highest BCUT2D eigenvalue weighted by Crippen LogP contribution is 2.43. The Bertz CT molecular complexity index is 1380. The van der Waals surface area contributed by atoms with Crippen LogP contribution < -0.4 is 0 Å². The van der Waals surface area contributed by atoms with Gasteiger partial charge in [-0.15, -0.1) is 0 Å². The van der Waals surface area contributed by atoms with Crippen LogP contribution in [0.4, 0.5) is 0 Å². The van der Waals surface area contributed by atoms with Crippen LogP contribution in [0.1, 0.15) is 136 Å². The zero-order valence-corrected chi connectivity index (χ0v) is 38.3. The van der Waals surface area contributed by atoms with Crippen molar-refractivity contribution in [2.75, 3.05) is 26.4 Å². The number of rotatable bonds is 39. The molecule has 0 aromatic rings. The highest BCUT2D eigenvalue weighted by atomic mass is 31.2. The molecular weight excluding hydrogens is 834 g/mol. The second-order valence-corrected chi connectivity index (χ2v) is 18.0. The van der Waals surface area contributed by atoms with Gasteiger partial charge in [0.05, 0.1) is 38.1 Å². The van der Waals surface area contributed by atoms with Crippen LogP contribution in [0.3, 0.4) is 0 Å². The third-order valence-electron chi connectivity index (χ3n) is 8.93. The van der Waals surface area contributed by atoms with E-state index in [1.165, 1.54) is 51.0 Å². The van der Waals surface area contributed by atoms with Crippen LogP contribution in [-0.2, 0) is 41.8 Å². The van der Waals surface area contributed by atoms with Gasteiger partial charge in [-0.3, -0.25) is 23.2 Å². The van der Waals surface area contributed by atoms with Gasteiger partial charge >= 0.3 is 27.6 Å². The fourth-order valence-electron chi connectivity index (χ4n) is 5.52. The SMILES string of the molecule is CC/C=C\C[C@@H](O)/C=C/C=C/C=C\C=C/[C@H](O)[C@@H](O)CCCC(=O)OC[C@H](COP(=O)(O)OC[C@@H](O)COP(=O)(O)O)OC(=O)CCCCCCCCCCCCCC(C)C. The van der Waals surface area contributed by atoms with E-state index in [2.05, 4.69) is 22.9 Å². The molecule has 0 aliphatic carbocycles. The maximum absolute atomic E-state index is 12.7. The molecule has 0 heterocycles. The molecule has 18 heteroatoms. The van der Waals surface area contributed by atoms with Crippen LogP contribution in [0.25, 0.3) is 0 Å². The van der Waals surface area contributed by atoms with Crippen LogP contribution in [0.2, 0.25) is 0 Å². The van der Waals surface area contributed by atoms with E-state index >= 15 is 0 Å². The molecule has 0 aromatic carbocycles. The third-order valence-corrected chi connectivity index (χ3v) is 10.4. The maximum Gasteiger partial charge on any atom is 0.472 e. The topological polar surface area (TPSA) is 256 Å². The molecule has 6 atom stereocenters. The van der Waals surface area contributed by atoms with Gasteiger partial charge in [0, 0.05) is 12.8 Å². The summed E-state index contributed by atoms with van der Waals surface area (Å²) < 4.78 is 47.5. The molecule has 0 saturated heterocycles. The number of hydrogen-bond donors (Lipinski definition) is 7. The molecule has 0 aliphatic heterocycles. The first-order valence-corrected chi connectivity index (χ1v) is 24.7. The van der Waals surface area contributed by atoms with Crippen molar-refractivity contribution in [3.05, 3.63) is 60.8 Å². The second-order valence-electron chi connectivity index (χ2n) is 15.3. The Morgan fingerprint density at radius 1 is 0.590 bits per heavy atom. The van der Waals surface area contributed by atoms with Gasteiger partial charge < -0.3 is 44.6 Å². The second kappa shape index (κ2) is 37.1. The monoisotopic (exact) mass is 910 g/mol. The van der Waals surface area contributed by atoms with Gasteiger partial charge in [0.2, 0.25) is 0 Å². The zero-order valence-electron chi connectivity index (χ0n) is 36.5. The first-order valence-electron chi connectivity index (χ1n) is 21.7. The van der Waals surface area contributed by atoms with E-state index in [0.29, 0.717) is 12.8 Å². The van der Waals surface area contributed by atoms with E-state index in [1.807, 2.05) is 19.1 Å². The molecule has 0 spiro atoms. The van der Waals surface area contributed by atoms with E-state index in [4.69, 9.17) is 23.8 Å². The van der Waals surface area contributed by atoms with Gasteiger partial charge in [-0.25, -0.2) is 9.13 Å². The minimum Gasteiger partial charge on any atom is -0.462 e. The third kappa shape index (κ3) is 40.2. The first-order chi connectivity index (χ1) is 28.9. The summed E-state index contributed by atoms with van der Waals surface area (Å²) in [5.41, 5.74) is 0. The maximum atomic E-state index is 12.7. The molecule has 1 unspecified atom stereocenters. The van der Waals surface area contributed by atoms with Crippen molar-refractivity contribution >= 4 is 27.6 Å². The van der Waals surface area contributed by atoms with E-state index in [9.17, 15) is 44.0 Å². The summed E-state index contributed by atoms with van der Waals surface area (Å²) in [6.07, 6.45) is 26.0. The number of unbranched alkanes of at least 4 members (excludes halogenated alkanes) is 10. The van der Waals surface area contributed by atoms with E-state index in [-0.39, 0.29) is 25.7 Å². The summed E-state index contributed by atoms with van der Waals surface area (Å²) >= 11 is 0. The van der Waals surface area contributed by atoms with Gasteiger partial charge in [-0.05, 0) is 38.0 Å². The van der Waals surface area contributed by atoms with Crippen LogP contribution in [0, 0.1) is 5.92 Å². The highest BCUT2D eigenvalue weighted by molar-refractivity contribution is 7.47. The predicted molar refractivity (Wildman–Crippen MR) is 234 cm³/mol. The molecule has 0 fully saturated rings. The molecule has 16 nitrogen and oxygen atoms in total. The summed E-state index contributed by atoms with van der Waals surface area (Å²) in [5, 5.41) is 40.1.